The molecule has 0 radical (unpaired) electrons. The molecule has 0 unspecified atom stereocenters. The minimum absolute atomic E-state index is 0.193. The fourth-order valence-corrected chi connectivity index (χ4v) is 2.71. The summed E-state index contributed by atoms with van der Waals surface area (Å²) >= 11 is 0. The maximum atomic E-state index is 12.1. The molecule has 0 spiro atoms. The number of nitrogens with zero attached hydrogens (tertiary/aromatic N) is 2. The van der Waals surface area contributed by atoms with Gasteiger partial charge in [-0.1, -0.05) is 19.1 Å². The molecule has 1 aromatic heterocycles. The number of nitrogens with one attached hydrogen (secondary N) is 1. The number of sulfonamides is 1. The molecule has 0 fully saturated rings. The van der Waals surface area contributed by atoms with Gasteiger partial charge in [0.15, 0.2) is 0 Å². The molecule has 102 valence electrons. The van der Waals surface area contributed by atoms with Gasteiger partial charge < -0.3 is 0 Å². The predicted molar refractivity (Wildman–Crippen MR) is 73.1 cm³/mol. The van der Waals surface area contributed by atoms with E-state index in [1.807, 2.05) is 19.1 Å². The number of benzene rings is 1. The van der Waals surface area contributed by atoms with Crippen LogP contribution in [0.4, 0.5) is 0 Å². The highest BCUT2D eigenvalue weighted by molar-refractivity contribution is 7.89. The second kappa shape index (κ2) is 5.54. The fraction of sp³-hybridized carbons (Fsp3) is 0.308. The molecule has 0 saturated heterocycles. The largest absolute Gasteiger partial charge is 0.276 e. The number of rotatable bonds is 5. The third kappa shape index (κ3) is 3.42. The van der Waals surface area contributed by atoms with Gasteiger partial charge in [0, 0.05) is 13.2 Å². The zero-order chi connectivity index (χ0) is 13.9. The first-order valence-electron chi connectivity index (χ1n) is 6.08. The maximum Gasteiger partial charge on any atom is 0.240 e. The second-order valence-electron chi connectivity index (χ2n) is 4.30. The van der Waals surface area contributed by atoms with Crippen molar-refractivity contribution >= 4 is 10.0 Å². The van der Waals surface area contributed by atoms with Gasteiger partial charge in [-0.3, -0.25) is 4.68 Å². The SMILES string of the molecule is CCc1ccc(S(=O)(=O)NCc2ccn(C)n2)cc1. The number of aromatic nitrogens is 2. The molecule has 0 aliphatic heterocycles. The molecule has 19 heavy (non-hydrogen) atoms. The normalized spacial score (nSPS) is 11.7. The Balaban J connectivity index is 2.09. The summed E-state index contributed by atoms with van der Waals surface area (Å²) in [5.41, 5.74) is 1.81. The van der Waals surface area contributed by atoms with E-state index in [4.69, 9.17) is 0 Å². The van der Waals surface area contributed by atoms with Crippen LogP contribution in [0.5, 0.6) is 0 Å². The van der Waals surface area contributed by atoms with Crippen LogP contribution in [0.1, 0.15) is 18.2 Å². The first kappa shape index (κ1) is 13.8. The van der Waals surface area contributed by atoms with Crippen molar-refractivity contribution in [2.24, 2.45) is 7.05 Å². The van der Waals surface area contributed by atoms with Gasteiger partial charge in [-0.05, 0) is 30.2 Å². The molecule has 0 saturated carbocycles. The molecule has 0 bridgehead atoms. The van der Waals surface area contributed by atoms with Gasteiger partial charge in [-0.25, -0.2) is 13.1 Å². The summed E-state index contributed by atoms with van der Waals surface area (Å²) in [6.07, 6.45) is 2.67. The van der Waals surface area contributed by atoms with Crippen LogP contribution in [0.3, 0.4) is 0 Å². The lowest BCUT2D eigenvalue weighted by molar-refractivity contribution is 0.579. The third-order valence-electron chi connectivity index (χ3n) is 2.85. The summed E-state index contributed by atoms with van der Waals surface area (Å²) in [6.45, 7) is 2.22. The average molecular weight is 279 g/mol. The molecule has 1 N–H and O–H groups in total. The molecule has 0 aliphatic carbocycles. The van der Waals surface area contributed by atoms with Crippen LogP contribution in [-0.4, -0.2) is 18.2 Å². The Morgan fingerprint density at radius 1 is 1.21 bits per heavy atom. The van der Waals surface area contributed by atoms with Gasteiger partial charge in [0.05, 0.1) is 17.1 Å². The minimum atomic E-state index is -3.47. The third-order valence-corrected chi connectivity index (χ3v) is 4.27. The minimum Gasteiger partial charge on any atom is -0.276 e. The van der Waals surface area contributed by atoms with Crippen molar-refractivity contribution in [2.75, 3.05) is 0 Å². The number of aryl methyl sites for hydroxylation is 2. The monoisotopic (exact) mass is 279 g/mol. The van der Waals surface area contributed by atoms with E-state index in [1.54, 1.807) is 36.1 Å². The van der Waals surface area contributed by atoms with Crippen molar-refractivity contribution in [2.45, 2.75) is 24.8 Å². The van der Waals surface area contributed by atoms with Crippen LogP contribution in [0.2, 0.25) is 0 Å². The van der Waals surface area contributed by atoms with E-state index in [0.29, 0.717) is 5.69 Å². The first-order chi connectivity index (χ1) is 9.01. The maximum absolute atomic E-state index is 12.1. The van der Waals surface area contributed by atoms with Gasteiger partial charge in [0.1, 0.15) is 0 Å². The highest BCUT2D eigenvalue weighted by atomic mass is 32.2. The summed E-state index contributed by atoms with van der Waals surface area (Å²) in [6, 6.07) is 8.69. The summed E-state index contributed by atoms with van der Waals surface area (Å²) in [5, 5.41) is 4.12. The van der Waals surface area contributed by atoms with Gasteiger partial charge in [0.25, 0.3) is 0 Å². The van der Waals surface area contributed by atoms with E-state index < -0.39 is 10.0 Å². The van der Waals surface area contributed by atoms with Crippen molar-refractivity contribution in [3.05, 3.63) is 47.8 Å². The number of hydrogen-bond donors (Lipinski definition) is 1. The molecule has 0 amide bonds. The van der Waals surface area contributed by atoms with Crippen molar-refractivity contribution in [3.63, 3.8) is 0 Å². The standard InChI is InChI=1S/C13H17N3O2S/c1-3-11-4-6-13(7-5-11)19(17,18)14-10-12-8-9-16(2)15-12/h4-9,14H,3,10H2,1-2H3. The Labute approximate surface area is 113 Å². The van der Waals surface area contributed by atoms with Gasteiger partial charge >= 0.3 is 0 Å². The van der Waals surface area contributed by atoms with E-state index >= 15 is 0 Å². The van der Waals surface area contributed by atoms with Crippen LogP contribution < -0.4 is 4.72 Å². The topological polar surface area (TPSA) is 64.0 Å². The van der Waals surface area contributed by atoms with Gasteiger partial charge in [-0.15, -0.1) is 0 Å². The lowest BCUT2D eigenvalue weighted by Gasteiger charge is -2.06. The first-order valence-corrected chi connectivity index (χ1v) is 7.56. The predicted octanol–water partition coefficient (Wildman–Crippen LogP) is 1.46. The average Bonchev–Trinajstić information content (AvgIpc) is 2.82. The van der Waals surface area contributed by atoms with Crippen LogP contribution in [-0.2, 0) is 30.0 Å². The van der Waals surface area contributed by atoms with Crippen LogP contribution >= 0.6 is 0 Å². The van der Waals surface area contributed by atoms with Crippen LogP contribution in [0.15, 0.2) is 41.4 Å². The van der Waals surface area contributed by atoms with E-state index in [0.717, 1.165) is 12.0 Å². The molecular weight excluding hydrogens is 262 g/mol. The van der Waals surface area contributed by atoms with Crippen LogP contribution in [0, 0.1) is 0 Å². The molecule has 0 atom stereocenters. The van der Waals surface area contributed by atoms with Crippen molar-refractivity contribution in [3.8, 4) is 0 Å². The molecular formula is C13H17N3O2S. The quantitative estimate of drug-likeness (QED) is 0.901. The Morgan fingerprint density at radius 3 is 2.42 bits per heavy atom. The highest BCUT2D eigenvalue weighted by Crippen LogP contribution is 2.11. The highest BCUT2D eigenvalue weighted by Gasteiger charge is 2.13. The smallest absolute Gasteiger partial charge is 0.240 e. The molecule has 5 nitrogen and oxygen atoms in total. The molecule has 2 aromatic rings. The molecule has 2 rings (SSSR count). The second-order valence-corrected chi connectivity index (χ2v) is 6.07. The zero-order valence-electron chi connectivity index (χ0n) is 11.0. The summed E-state index contributed by atoms with van der Waals surface area (Å²) in [7, 11) is -1.68. The van der Waals surface area contributed by atoms with Gasteiger partial charge in [0.2, 0.25) is 10.0 Å². The fourth-order valence-electron chi connectivity index (χ4n) is 1.71. The Hall–Kier alpha value is -1.66. The summed E-state index contributed by atoms with van der Waals surface area (Å²) in [4.78, 5) is 0.278. The molecule has 1 aromatic carbocycles. The van der Waals surface area contributed by atoms with E-state index in [2.05, 4.69) is 9.82 Å². The molecule has 6 heteroatoms. The van der Waals surface area contributed by atoms with Crippen molar-refractivity contribution < 1.29 is 8.42 Å². The Bertz CT molecular complexity index is 645. The lowest BCUT2D eigenvalue weighted by Crippen LogP contribution is -2.23. The van der Waals surface area contributed by atoms with Gasteiger partial charge in [-0.2, -0.15) is 5.10 Å². The summed E-state index contributed by atoms with van der Waals surface area (Å²) in [5.74, 6) is 0. The molecule has 0 aliphatic rings. The molecule has 1 heterocycles. The zero-order valence-corrected chi connectivity index (χ0v) is 11.8. The van der Waals surface area contributed by atoms with Crippen molar-refractivity contribution in [1.82, 2.24) is 14.5 Å². The Kier molecular flexibility index (Phi) is 4.01. The van der Waals surface area contributed by atoms with E-state index in [1.165, 1.54) is 0 Å². The van der Waals surface area contributed by atoms with E-state index in [-0.39, 0.29) is 11.4 Å². The Morgan fingerprint density at radius 2 is 1.89 bits per heavy atom. The van der Waals surface area contributed by atoms with E-state index in [9.17, 15) is 8.42 Å². The van der Waals surface area contributed by atoms with Crippen molar-refractivity contribution in [1.29, 1.82) is 0 Å². The summed E-state index contributed by atoms with van der Waals surface area (Å²) < 4.78 is 28.3. The number of hydrogen-bond acceptors (Lipinski definition) is 3. The van der Waals surface area contributed by atoms with Crippen LogP contribution in [0.25, 0.3) is 0 Å². The lowest BCUT2D eigenvalue weighted by atomic mass is 10.2.